The van der Waals surface area contributed by atoms with Gasteiger partial charge in [0, 0.05) is 13.2 Å². The van der Waals surface area contributed by atoms with E-state index in [0.717, 1.165) is 18.5 Å². The molecule has 0 aliphatic rings. The molecular weight excluding hydrogens is 250 g/mol. The van der Waals surface area contributed by atoms with Crippen LogP contribution < -0.4 is 10.2 Å². The Morgan fingerprint density at radius 1 is 0.824 bits per heavy atom. The molecule has 0 aliphatic carbocycles. The van der Waals surface area contributed by atoms with Crippen LogP contribution in [0, 0.1) is 0 Å². The molecule has 0 bridgehead atoms. The summed E-state index contributed by atoms with van der Waals surface area (Å²) >= 11 is 1.20. The van der Waals surface area contributed by atoms with Gasteiger partial charge in [-0.3, -0.25) is 0 Å². The molecule has 17 heavy (non-hydrogen) atoms. The third-order valence-corrected chi connectivity index (χ3v) is 3.12. The topological polar surface area (TPSA) is 64.6 Å². The van der Waals surface area contributed by atoms with Crippen LogP contribution in [0.1, 0.15) is 34.6 Å². The molecule has 0 aliphatic heterocycles. The molecule has 4 nitrogen and oxygen atoms in total. The van der Waals surface area contributed by atoms with E-state index >= 15 is 0 Å². The van der Waals surface area contributed by atoms with Gasteiger partial charge in [0.15, 0.2) is 0 Å². The van der Waals surface area contributed by atoms with E-state index in [1.165, 1.54) is 0 Å². The van der Waals surface area contributed by atoms with Gasteiger partial charge in [0.25, 0.3) is 0 Å². The van der Waals surface area contributed by atoms with Crippen molar-refractivity contribution in [1.29, 1.82) is 0 Å². The molecule has 0 unspecified atom stereocenters. The van der Waals surface area contributed by atoms with E-state index in [1.807, 2.05) is 19.6 Å². The van der Waals surface area contributed by atoms with Gasteiger partial charge in [-0.25, -0.2) is 0 Å². The summed E-state index contributed by atoms with van der Waals surface area (Å²) in [4.78, 5) is 0. The molecule has 0 aromatic carbocycles. The van der Waals surface area contributed by atoms with Crippen molar-refractivity contribution in [2.45, 2.75) is 45.7 Å². The van der Waals surface area contributed by atoms with Gasteiger partial charge in [0.05, 0.1) is 0 Å². The van der Waals surface area contributed by atoms with Crippen molar-refractivity contribution in [3.8, 4) is 0 Å². The average Bonchev–Trinajstić information content (AvgIpc) is 2.33. The second-order valence-corrected chi connectivity index (χ2v) is 4.67. The van der Waals surface area contributed by atoms with E-state index in [9.17, 15) is 0 Å². The first-order chi connectivity index (χ1) is 8.17. The molecule has 0 N–H and O–H groups in total. The van der Waals surface area contributed by atoms with Crippen LogP contribution in [0.15, 0.2) is 0 Å². The molecule has 0 atom stereocenters. The summed E-state index contributed by atoms with van der Waals surface area (Å²) in [6.07, 6.45) is 0. The minimum atomic E-state index is -1.21. The molecule has 0 amide bonds. The van der Waals surface area contributed by atoms with Gasteiger partial charge < -0.3 is 17.8 Å². The van der Waals surface area contributed by atoms with E-state index in [0.29, 0.717) is 0 Å². The summed E-state index contributed by atoms with van der Waals surface area (Å²) in [7, 11) is 0. The number of rotatable bonds is 5. The quantitative estimate of drug-likeness (QED) is 0.687. The summed E-state index contributed by atoms with van der Waals surface area (Å²) in [6, 6.07) is 0. The van der Waals surface area contributed by atoms with Gasteiger partial charge in [0.2, 0.25) is 0 Å². The minimum absolute atomic E-state index is 0. The Balaban J connectivity index is -0.0000000879. The van der Waals surface area contributed by atoms with E-state index in [4.69, 9.17) is 17.8 Å². The van der Waals surface area contributed by atoms with Crippen molar-refractivity contribution in [2.24, 2.45) is 0 Å². The molecule has 0 aromatic rings. The summed E-state index contributed by atoms with van der Waals surface area (Å²) in [5.41, 5.74) is 0. The number of hydrogen-bond donors (Lipinski definition) is 0. The van der Waals surface area contributed by atoms with Gasteiger partial charge in [-0.15, -0.1) is 13.2 Å². The predicted molar refractivity (Wildman–Crippen MR) is 72.2 cm³/mol. The first-order valence-electron chi connectivity index (χ1n) is 6.15. The van der Waals surface area contributed by atoms with Crippen LogP contribution in [0.5, 0.6) is 0 Å². The van der Waals surface area contributed by atoms with Crippen molar-refractivity contribution in [3.63, 3.8) is 0 Å². The molecule has 0 aromatic heterocycles. The number of hydrogen-bond acceptors (Lipinski definition) is 4. The van der Waals surface area contributed by atoms with E-state index in [-0.39, 0.29) is 13.2 Å². The molecule has 6 heteroatoms. The third kappa shape index (κ3) is 47.4. The zero-order valence-electron chi connectivity index (χ0n) is 12.3. The van der Waals surface area contributed by atoms with Crippen LogP contribution in [-0.2, 0) is 7.58 Å². The van der Waals surface area contributed by atoms with Crippen molar-refractivity contribution in [1.82, 2.24) is 0 Å². The average molecular weight is 278 g/mol. The predicted octanol–water partition coefficient (Wildman–Crippen LogP) is 0.504. The Morgan fingerprint density at radius 2 is 1.06 bits per heavy atom. The first-order valence-corrected chi connectivity index (χ1v) is 9.06. The van der Waals surface area contributed by atoms with Crippen LogP contribution >= 0.6 is 0 Å². The molecular formula is C11H28Al2O4. The summed E-state index contributed by atoms with van der Waals surface area (Å²) < 4.78 is 10.7. The second kappa shape index (κ2) is 36.0. The van der Waals surface area contributed by atoms with Gasteiger partial charge in [-0.05, 0) is 19.1 Å². The van der Waals surface area contributed by atoms with Crippen molar-refractivity contribution >= 4 is 31.1 Å². The monoisotopic (exact) mass is 278 g/mol. The summed E-state index contributed by atoms with van der Waals surface area (Å²) in [5, 5.41) is 18.9. The van der Waals surface area contributed by atoms with Crippen LogP contribution in [0.3, 0.4) is 0 Å². The van der Waals surface area contributed by atoms with Crippen LogP contribution in [0.4, 0.5) is 0 Å². The summed E-state index contributed by atoms with van der Waals surface area (Å²) in [5.74, 6) is 1.92. The fourth-order valence-corrected chi connectivity index (χ4v) is 1.97. The Kier molecular flexibility index (Phi) is 56.0. The van der Waals surface area contributed by atoms with Crippen molar-refractivity contribution in [2.75, 3.05) is 26.4 Å². The van der Waals surface area contributed by atoms with Crippen LogP contribution in [0.25, 0.3) is 0 Å². The fourth-order valence-electron chi connectivity index (χ4n) is 0.656. The molecule has 0 radical (unpaired) electrons. The van der Waals surface area contributed by atoms with Crippen LogP contribution in [-0.4, -0.2) is 57.5 Å². The Labute approximate surface area is 121 Å². The second-order valence-electron chi connectivity index (χ2n) is 2.33. The molecule has 102 valence electrons. The molecule has 0 rings (SSSR count). The first kappa shape index (κ1) is 26.5. The van der Waals surface area contributed by atoms with Crippen molar-refractivity contribution < 1.29 is 17.8 Å². The molecule has 0 saturated heterocycles. The van der Waals surface area contributed by atoms with E-state index < -0.39 is 14.8 Å². The van der Waals surface area contributed by atoms with Gasteiger partial charge in [-0.2, -0.15) is 0 Å². The third-order valence-electron chi connectivity index (χ3n) is 1.04. The van der Waals surface area contributed by atoms with E-state index in [1.54, 1.807) is 13.8 Å². The zero-order valence-corrected chi connectivity index (χ0v) is 14.6. The SMILES string of the molecule is CC[O-].CC[O-].CC[O][Al]([CH2]C)[O]CC.[CH3][Al+2]. The van der Waals surface area contributed by atoms with Crippen molar-refractivity contribution in [3.05, 3.63) is 0 Å². The molecule has 0 spiro atoms. The molecule has 0 saturated carbocycles. The fraction of sp³-hybridized carbons (Fsp3) is 1.00. The van der Waals surface area contributed by atoms with Gasteiger partial charge >= 0.3 is 36.9 Å². The van der Waals surface area contributed by atoms with Gasteiger partial charge in [-0.1, -0.05) is 20.8 Å². The summed E-state index contributed by atoms with van der Waals surface area (Å²) in [6.45, 7) is 10.9. The van der Waals surface area contributed by atoms with Crippen LogP contribution in [0.2, 0.25) is 11.1 Å². The maximum atomic E-state index is 8.93. The van der Waals surface area contributed by atoms with E-state index in [2.05, 4.69) is 23.2 Å². The van der Waals surface area contributed by atoms with Gasteiger partial charge in [0.1, 0.15) is 0 Å². The Hall–Kier alpha value is 0.905. The Bertz CT molecular complexity index is 79.9. The Morgan fingerprint density at radius 3 is 1.18 bits per heavy atom. The maximum absolute atomic E-state index is 8.93. The zero-order chi connectivity index (χ0) is 14.5. The molecule has 0 fully saturated rings. The molecule has 0 heterocycles. The normalized spacial score (nSPS) is 7.65. The standard InChI is InChI=1S/4C2H5O.C2H5.CH3.2Al/c4*1-2-3;1-2;;;/h4*2H2,1H3;1H2,2H3;1H3;;/q4*-1;;;2*+2.